The number of hydrazone groups is 1. The maximum atomic E-state index is 11.0. The molecule has 102 valence electrons. The number of nitrogens with two attached hydrogens (primary N) is 1. The Morgan fingerprint density at radius 2 is 2.16 bits per heavy atom. The third-order valence-corrected chi connectivity index (χ3v) is 2.88. The summed E-state index contributed by atoms with van der Waals surface area (Å²) in [5.74, 6) is 6.48. The van der Waals surface area contributed by atoms with Crippen LogP contribution in [0.15, 0.2) is 35.4 Å². The van der Waals surface area contributed by atoms with Gasteiger partial charge in [0.05, 0.1) is 7.11 Å². The van der Waals surface area contributed by atoms with Crippen molar-refractivity contribution < 1.29 is 9.53 Å². The third-order valence-electron chi connectivity index (χ3n) is 2.88. The number of hydrogen-bond donors (Lipinski definition) is 1. The first-order chi connectivity index (χ1) is 9.20. The Morgan fingerprint density at radius 3 is 2.84 bits per heavy atom. The maximum absolute atomic E-state index is 11.0. The van der Waals surface area contributed by atoms with Crippen LogP contribution in [-0.4, -0.2) is 42.1 Å². The zero-order chi connectivity index (χ0) is 13.7. The number of hydrazine groups is 1. The van der Waals surface area contributed by atoms with E-state index < -0.39 is 0 Å². The van der Waals surface area contributed by atoms with Crippen molar-refractivity contribution in [3.8, 4) is 0 Å². The lowest BCUT2D eigenvalue weighted by Crippen LogP contribution is -2.37. The second kappa shape index (κ2) is 6.19. The fraction of sp³-hybridized carbons (Fsp3) is 0.385. The van der Waals surface area contributed by atoms with Crippen LogP contribution in [0.5, 0.6) is 0 Å². The number of esters is 1. The zero-order valence-electron chi connectivity index (χ0n) is 11.0. The first-order valence-corrected chi connectivity index (χ1v) is 6.18. The molecule has 0 aliphatic carbocycles. The van der Waals surface area contributed by atoms with Crippen molar-refractivity contribution in [2.45, 2.75) is 12.8 Å². The summed E-state index contributed by atoms with van der Waals surface area (Å²) in [6.07, 6.45) is 1.10. The molecule has 0 aromatic heterocycles. The van der Waals surface area contributed by atoms with Crippen molar-refractivity contribution in [2.24, 2.45) is 10.9 Å². The van der Waals surface area contributed by atoms with Crippen LogP contribution in [0.3, 0.4) is 0 Å². The Balaban J connectivity index is 1.92. The molecule has 0 bridgehead atoms. The molecular weight excluding hydrogens is 244 g/mol. The van der Waals surface area contributed by atoms with E-state index in [1.165, 1.54) is 7.11 Å². The summed E-state index contributed by atoms with van der Waals surface area (Å²) >= 11 is 0. The SMILES string of the molecule is COC(=O)CCCN1CN(N)C(c2ccccc2)=N1. The largest absolute Gasteiger partial charge is 0.469 e. The number of methoxy groups -OCH3 is 1. The van der Waals surface area contributed by atoms with Crippen LogP contribution in [0.4, 0.5) is 0 Å². The number of carbonyl (C=O) groups is 1. The Hall–Kier alpha value is -2.08. The molecule has 0 amide bonds. The van der Waals surface area contributed by atoms with E-state index >= 15 is 0 Å². The second-order valence-electron chi connectivity index (χ2n) is 4.31. The van der Waals surface area contributed by atoms with Crippen molar-refractivity contribution >= 4 is 11.8 Å². The molecule has 0 atom stereocenters. The highest BCUT2D eigenvalue weighted by Gasteiger charge is 2.21. The summed E-state index contributed by atoms with van der Waals surface area (Å²) in [4.78, 5) is 11.0. The molecule has 1 aliphatic heterocycles. The normalized spacial score (nSPS) is 14.5. The van der Waals surface area contributed by atoms with Crippen molar-refractivity contribution in [3.63, 3.8) is 0 Å². The second-order valence-corrected chi connectivity index (χ2v) is 4.31. The van der Waals surface area contributed by atoms with E-state index in [1.54, 1.807) is 5.01 Å². The van der Waals surface area contributed by atoms with Gasteiger partial charge in [0, 0.05) is 18.5 Å². The monoisotopic (exact) mass is 262 g/mol. The van der Waals surface area contributed by atoms with Crippen LogP contribution in [0.25, 0.3) is 0 Å². The Morgan fingerprint density at radius 1 is 1.42 bits per heavy atom. The predicted molar refractivity (Wildman–Crippen MR) is 71.8 cm³/mol. The molecule has 1 aliphatic rings. The van der Waals surface area contributed by atoms with Crippen molar-refractivity contribution in [1.29, 1.82) is 0 Å². The number of nitrogens with zero attached hydrogens (tertiary/aromatic N) is 3. The highest BCUT2D eigenvalue weighted by molar-refractivity contribution is 5.98. The summed E-state index contributed by atoms with van der Waals surface area (Å²) in [5.41, 5.74) is 0.987. The molecule has 19 heavy (non-hydrogen) atoms. The van der Waals surface area contributed by atoms with Gasteiger partial charge in [-0.25, -0.2) is 5.84 Å². The number of hydrogen-bond acceptors (Lipinski definition) is 6. The van der Waals surface area contributed by atoms with Crippen molar-refractivity contribution in [1.82, 2.24) is 10.0 Å². The Kier molecular flexibility index (Phi) is 4.35. The molecule has 0 saturated heterocycles. The average molecular weight is 262 g/mol. The minimum absolute atomic E-state index is 0.198. The standard InChI is InChI=1S/C13H18N4O2/c1-19-12(18)8-5-9-16-10-17(14)13(15-16)11-6-3-2-4-7-11/h2-4,6-7H,5,8-10,14H2,1H3. The van der Waals surface area contributed by atoms with Crippen molar-refractivity contribution in [2.75, 3.05) is 20.3 Å². The molecule has 1 heterocycles. The van der Waals surface area contributed by atoms with Gasteiger partial charge in [-0.3, -0.25) is 14.8 Å². The highest BCUT2D eigenvalue weighted by atomic mass is 16.5. The van der Waals surface area contributed by atoms with Gasteiger partial charge in [-0.05, 0) is 6.42 Å². The molecule has 0 saturated carbocycles. The molecule has 0 unspecified atom stereocenters. The van der Waals surface area contributed by atoms with Gasteiger partial charge in [0.1, 0.15) is 6.67 Å². The van der Waals surface area contributed by atoms with Crippen LogP contribution in [0.2, 0.25) is 0 Å². The summed E-state index contributed by atoms with van der Waals surface area (Å²) in [6, 6.07) is 9.79. The first kappa shape index (κ1) is 13.4. The van der Waals surface area contributed by atoms with Crippen LogP contribution in [0, 0.1) is 0 Å². The lowest BCUT2D eigenvalue weighted by atomic mass is 10.2. The lowest BCUT2D eigenvalue weighted by molar-refractivity contribution is -0.140. The summed E-state index contributed by atoms with van der Waals surface area (Å²) in [5, 5.41) is 7.92. The minimum Gasteiger partial charge on any atom is -0.469 e. The van der Waals surface area contributed by atoms with E-state index in [0.717, 1.165) is 11.4 Å². The quantitative estimate of drug-likeness (QED) is 0.626. The molecule has 2 N–H and O–H groups in total. The van der Waals surface area contributed by atoms with E-state index in [2.05, 4.69) is 9.84 Å². The van der Waals surface area contributed by atoms with Gasteiger partial charge in [-0.2, -0.15) is 5.10 Å². The van der Waals surface area contributed by atoms with Crippen LogP contribution in [-0.2, 0) is 9.53 Å². The maximum Gasteiger partial charge on any atom is 0.305 e. The fourth-order valence-corrected chi connectivity index (χ4v) is 1.91. The Bertz CT molecular complexity index is 461. The number of ether oxygens (including phenoxy) is 1. The zero-order valence-corrected chi connectivity index (χ0v) is 11.0. The predicted octanol–water partition coefficient (Wildman–Crippen LogP) is 0.750. The topological polar surface area (TPSA) is 71.2 Å². The number of carbonyl (C=O) groups excluding carboxylic acids is 1. The van der Waals surface area contributed by atoms with E-state index in [-0.39, 0.29) is 5.97 Å². The third kappa shape index (κ3) is 3.45. The van der Waals surface area contributed by atoms with Gasteiger partial charge in [0.25, 0.3) is 0 Å². The van der Waals surface area contributed by atoms with E-state index in [4.69, 9.17) is 5.84 Å². The van der Waals surface area contributed by atoms with Gasteiger partial charge in [-0.1, -0.05) is 30.3 Å². The molecule has 2 rings (SSSR count). The summed E-state index contributed by atoms with van der Waals surface area (Å²) < 4.78 is 4.60. The van der Waals surface area contributed by atoms with Gasteiger partial charge < -0.3 is 4.74 Å². The average Bonchev–Trinajstić information content (AvgIpc) is 2.80. The van der Waals surface area contributed by atoms with Crippen LogP contribution >= 0.6 is 0 Å². The molecular formula is C13H18N4O2. The van der Waals surface area contributed by atoms with Crippen LogP contribution < -0.4 is 5.84 Å². The molecule has 6 nitrogen and oxygen atoms in total. The van der Waals surface area contributed by atoms with E-state index in [1.807, 2.05) is 35.3 Å². The van der Waals surface area contributed by atoms with E-state index in [0.29, 0.717) is 26.1 Å². The molecule has 6 heteroatoms. The first-order valence-electron chi connectivity index (χ1n) is 6.18. The smallest absolute Gasteiger partial charge is 0.305 e. The number of rotatable bonds is 5. The van der Waals surface area contributed by atoms with Crippen LogP contribution in [0.1, 0.15) is 18.4 Å². The fourth-order valence-electron chi connectivity index (χ4n) is 1.91. The number of benzene rings is 1. The van der Waals surface area contributed by atoms with Gasteiger partial charge >= 0.3 is 5.97 Å². The van der Waals surface area contributed by atoms with Gasteiger partial charge in [-0.15, -0.1) is 0 Å². The molecule has 1 aromatic carbocycles. The molecule has 0 fully saturated rings. The molecule has 0 radical (unpaired) electrons. The minimum atomic E-state index is -0.198. The van der Waals surface area contributed by atoms with Gasteiger partial charge in [0.15, 0.2) is 5.84 Å². The summed E-state index contributed by atoms with van der Waals surface area (Å²) in [6.45, 7) is 1.21. The lowest BCUT2D eigenvalue weighted by Gasteiger charge is -2.15. The molecule has 0 spiro atoms. The number of amidine groups is 1. The summed E-state index contributed by atoms with van der Waals surface area (Å²) in [7, 11) is 1.39. The van der Waals surface area contributed by atoms with Crippen molar-refractivity contribution in [3.05, 3.63) is 35.9 Å². The van der Waals surface area contributed by atoms with Gasteiger partial charge in [0.2, 0.25) is 0 Å². The highest BCUT2D eigenvalue weighted by Crippen LogP contribution is 2.12. The Labute approximate surface area is 112 Å². The van der Waals surface area contributed by atoms with E-state index in [9.17, 15) is 4.79 Å². The molecule has 1 aromatic rings.